The highest BCUT2D eigenvalue weighted by Crippen LogP contribution is 2.32. The smallest absolute Gasteiger partial charge is 0.221 e. The summed E-state index contributed by atoms with van der Waals surface area (Å²) in [5.41, 5.74) is 2.21. The van der Waals surface area contributed by atoms with Crippen LogP contribution in [0.1, 0.15) is 24.1 Å². The predicted molar refractivity (Wildman–Crippen MR) is 61.4 cm³/mol. The van der Waals surface area contributed by atoms with Crippen molar-refractivity contribution in [3.63, 3.8) is 0 Å². The van der Waals surface area contributed by atoms with E-state index in [0.717, 1.165) is 5.56 Å². The molecule has 1 aliphatic rings. The molecule has 0 aliphatic carbocycles. The molecule has 5 heteroatoms. The number of benzene rings is 1. The number of rotatable bonds is 3. The zero-order valence-electron chi connectivity index (χ0n) is 9.32. The van der Waals surface area contributed by atoms with Crippen molar-refractivity contribution < 1.29 is 14.4 Å². The van der Waals surface area contributed by atoms with Crippen molar-refractivity contribution in [1.82, 2.24) is 5.32 Å². The summed E-state index contributed by atoms with van der Waals surface area (Å²) in [6.07, 6.45) is 0.303. The van der Waals surface area contributed by atoms with Gasteiger partial charge in [-0.2, -0.15) is 0 Å². The van der Waals surface area contributed by atoms with E-state index < -0.39 is 11.8 Å². The molecule has 0 aromatic heterocycles. The molecule has 2 rings (SSSR count). The Bertz CT molecular complexity index is 497. The molecule has 88 valence electrons. The number of aldehydes is 1. The first-order valence-corrected chi connectivity index (χ1v) is 5.25. The SMILES string of the molecule is CC(=O)Nc1cccc2c1C(C(=O)C=O)NC2. The first kappa shape index (κ1) is 11.5. The largest absolute Gasteiger partial charge is 0.326 e. The standard InChI is InChI=1S/C12H12N2O3/c1-7(16)14-9-4-2-3-8-5-13-12(11(8)9)10(17)6-15/h2-4,6,12-13H,5H2,1H3,(H,14,16). The number of ketones is 1. The van der Waals surface area contributed by atoms with Gasteiger partial charge < -0.3 is 5.32 Å². The van der Waals surface area contributed by atoms with E-state index in [1.54, 1.807) is 12.1 Å². The van der Waals surface area contributed by atoms with Crippen LogP contribution in [0.4, 0.5) is 5.69 Å². The van der Waals surface area contributed by atoms with Crippen LogP contribution in [0.2, 0.25) is 0 Å². The second-order valence-corrected chi connectivity index (χ2v) is 3.89. The molecule has 0 bridgehead atoms. The zero-order chi connectivity index (χ0) is 12.4. The van der Waals surface area contributed by atoms with Gasteiger partial charge in [0.25, 0.3) is 0 Å². The lowest BCUT2D eigenvalue weighted by Crippen LogP contribution is -2.23. The van der Waals surface area contributed by atoms with Gasteiger partial charge in [0.1, 0.15) is 6.04 Å². The summed E-state index contributed by atoms with van der Waals surface area (Å²) in [6, 6.07) is 4.74. The van der Waals surface area contributed by atoms with Crippen LogP contribution in [0, 0.1) is 0 Å². The molecule has 0 saturated carbocycles. The first-order valence-electron chi connectivity index (χ1n) is 5.25. The van der Waals surface area contributed by atoms with E-state index in [0.29, 0.717) is 24.1 Å². The van der Waals surface area contributed by atoms with Gasteiger partial charge in [0.15, 0.2) is 6.29 Å². The minimum absolute atomic E-state index is 0.206. The number of hydrogen-bond acceptors (Lipinski definition) is 4. The van der Waals surface area contributed by atoms with Crippen LogP contribution in [-0.4, -0.2) is 18.0 Å². The van der Waals surface area contributed by atoms with E-state index in [4.69, 9.17) is 0 Å². The van der Waals surface area contributed by atoms with Gasteiger partial charge >= 0.3 is 0 Å². The predicted octanol–water partition coefficient (Wildman–Crippen LogP) is 0.557. The maximum Gasteiger partial charge on any atom is 0.221 e. The summed E-state index contributed by atoms with van der Waals surface area (Å²) < 4.78 is 0. The normalized spacial score (nSPS) is 17.4. The first-order chi connectivity index (χ1) is 8.13. The van der Waals surface area contributed by atoms with Crippen molar-refractivity contribution in [2.45, 2.75) is 19.5 Å². The number of Topliss-reactive ketones (excluding diaryl/α,β-unsaturated/α-hetero) is 1. The summed E-state index contributed by atoms with van der Waals surface area (Å²) in [5.74, 6) is -0.732. The Kier molecular flexibility index (Phi) is 3.01. The van der Waals surface area contributed by atoms with E-state index >= 15 is 0 Å². The van der Waals surface area contributed by atoms with E-state index in [9.17, 15) is 14.4 Å². The van der Waals surface area contributed by atoms with Gasteiger partial charge in [0, 0.05) is 24.7 Å². The van der Waals surface area contributed by atoms with Gasteiger partial charge in [-0.05, 0) is 11.6 Å². The van der Waals surface area contributed by atoms with E-state index in [2.05, 4.69) is 10.6 Å². The van der Waals surface area contributed by atoms with Crippen LogP contribution in [-0.2, 0) is 20.9 Å². The molecule has 0 spiro atoms. The van der Waals surface area contributed by atoms with E-state index in [-0.39, 0.29) is 5.91 Å². The number of nitrogens with one attached hydrogen (secondary N) is 2. The van der Waals surface area contributed by atoms with Crippen LogP contribution < -0.4 is 10.6 Å². The van der Waals surface area contributed by atoms with Crippen LogP contribution in [0.15, 0.2) is 18.2 Å². The van der Waals surface area contributed by atoms with Crippen molar-refractivity contribution in [3.8, 4) is 0 Å². The van der Waals surface area contributed by atoms with E-state index in [1.807, 2.05) is 6.07 Å². The fourth-order valence-corrected chi connectivity index (χ4v) is 2.03. The molecule has 5 nitrogen and oxygen atoms in total. The Morgan fingerprint density at radius 2 is 2.24 bits per heavy atom. The highest BCUT2D eigenvalue weighted by Gasteiger charge is 2.30. The molecular weight excluding hydrogens is 220 g/mol. The fraction of sp³-hybridized carbons (Fsp3) is 0.250. The van der Waals surface area contributed by atoms with E-state index in [1.165, 1.54) is 6.92 Å². The second-order valence-electron chi connectivity index (χ2n) is 3.89. The topological polar surface area (TPSA) is 75.3 Å². The van der Waals surface area contributed by atoms with Crippen LogP contribution in [0.25, 0.3) is 0 Å². The lowest BCUT2D eigenvalue weighted by molar-refractivity contribution is -0.131. The van der Waals surface area contributed by atoms with Crippen molar-refractivity contribution in [2.24, 2.45) is 0 Å². The van der Waals surface area contributed by atoms with Gasteiger partial charge in [-0.25, -0.2) is 0 Å². The molecule has 0 fully saturated rings. The molecule has 1 amide bonds. The Balaban J connectivity index is 2.44. The monoisotopic (exact) mass is 232 g/mol. The molecule has 1 aromatic rings. The highest BCUT2D eigenvalue weighted by atomic mass is 16.2. The molecule has 17 heavy (non-hydrogen) atoms. The third-order valence-electron chi connectivity index (χ3n) is 2.69. The van der Waals surface area contributed by atoms with Crippen molar-refractivity contribution in [1.29, 1.82) is 0 Å². The van der Waals surface area contributed by atoms with Crippen LogP contribution in [0.3, 0.4) is 0 Å². The Morgan fingerprint density at radius 3 is 2.88 bits per heavy atom. The minimum atomic E-state index is -0.648. The molecular formula is C12H12N2O3. The van der Waals surface area contributed by atoms with Gasteiger partial charge in [0.2, 0.25) is 11.7 Å². The number of carbonyl (C=O) groups is 3. The Labute approximate surface area is 98.2 Å². The molecule has 1 aliphatic heterocycles. The van der Waals surface area contributed by atoms with Gasteiger partial charge in [0.05, 0.1) is 0 Å². The average Bonchev–Trinajstić information content (AvgIpc) is 2.72. The fourth-order valence-electron chi connectivity index (χ4n) is 2.03. The summed E-state index contributed by atoms with van der Waals surface area (Å²) in [7, 11) is 0. The number of amides is 1. The maximum absolute atomic E-state index is 11.5. The molecule has 2 N–H and O–H groups in total. The van der Waals surface area contributed by atoms with Gasteiger partial charge in [-0.3, -0.25) is 19.7 Å². The summed E-state index contributed by atoms with van der Waals surface area (Å²) in [5, 5.41) is 5.62. The summed E-state index contributed by atoms with van der Waals surface area (Å²) >= 11 is 0. The second kappa shape index (κ2) is 4.47. The molecule has 1 unspecified atom stereocenters. The van der Waals surface area contributed by atoms with Crippen molar-refractivity contribution in [2.75, 3.05) is 5.32 Å². The third kappa shape index (κ3) is 2.09. The minimum Gasteiger partial charge on any atom is -0.326 e. The van der Waals surface area contributed by atoms with Gasteiger partial charge in [-0.15, -0.1) is 0 Å². The molecule has 1 heterocycles. The van der Waals surface area contributed by atoms with Crippen molar-refractivity contribution >= 4 is 23.7 Å². The average molecular weight is 232 g/mol. The van der Waals surface area contributed by atoms with Crippen LogP contribution in [0.5, 0.6) is 0 Å². The quantitative estimate of drug-likeness (QED) is 0.589. The molecule has 0 radical (unpaired) electrons. The molecule has 1 atom stereocenters. The number of hydrogen-bond donors (Lipinski definition) is 2. The number of carbonyl (C=O) groups excluding carboxylic acids is 3. The van der Waals surface area contributed by atoms with Crippen molar-refractivity contribution in [3.05, 3.63) is 29.3 Å². The summed E-state index contributed by atoms with van der Waals surface area (Å²) in [4.78, 5) is 33.1. The lowest BCUT2D eigenvalue weighted by Gasteiger charge is -2.12. The highest BCUT2D eigenvalue weighted by molar-refractivity contribution is 6.28. The maximum atomic E-state index is 11.5. The molecule has 1 aromatic carbocycles. The Morgan fingerprint density at radius 1 is 1.47 bits per heavy atom. The number of anilines is 1. The lowest BCUT2D eigenvalue weighted by atomic mass is 10.00. The van der Waals surface area contributed by atoms with Gasteiger partial charge in [-0.1, -0.05) is 12.1 Å². The molecule has 0 saturated heterocycles. The zero-order valence-corrected chi connectivity index (χ0v) is 9.32. The summed E-state index contributed by atoms with van der Waals surface area (Å²) in [6.45, 7) is 1.92. The number of fused-ring (bicyclic) bond motifs is 1. The third-order valence-corrected chi connectivity index (χ3v) is 2.69. The Hall–Kier alpha value is -2.01. The van der Waals surface area contributed by atoms with Crippen LogP contribution >= 0.6 is 0 Å².